The number of benzene rings is 1. The molecular formula is C12H14N2O4. The topological polar surface area (TPSA) is 84.6 Å². The van der Waals surface area contributed by atoms with Crippen molar-refractivity contribution in [2.24, 2.45) is 0 Å². The van der Waals surface area contributed by atoms with Crippen molar-refractivity contribution in [3.63, 3.8) is 0 Å². The summed E-state index contributed by atoms with van der Waals surface area (Å²) >= 11 is 0. The minimum Gasteiger partial charge on any atom is -0.508 e. The first-order valence-corrected chi connectivity index (χ1v) is 5.42. The van der Waals surface area contributed by atoms with Gasteiger partial charge in [0.25, 0.3) is 0 Å². The van der Waals surface area contributed by atoms with Crippen molar-refractivity contribution in [1.29, 1.82) is 0 Å². The molecule has 0 aliphatic rings. The zero-order chi connectivity index (χ0) is 13.5. The average molecular weight is 250 g/mol. The monoisotopic (exact) mass is 250 g/mol. The standard InChI is InChI=1S/C12H14N2O4/c1-12(2,3)10-13-8-5-4-7(15)6-9(8)14(10)18-11(16)17/h4-6,15H,1-3H3,(H,16,17). The van der Waals surface area contributed by atoms with Gasteiger partial charge in [0, 0.05) is 11.5 Å². The van der Waals surface area contributed by atoms with Crippen LogP contribution in [0, 0.1) is 0 Å². The second kappa shape index (κ2) is 3.90. The molecule has 6 nitrogen and oxygen atoms in total. The van der Waals surface area contributed by atoms with Crippen molar-refractivity contribution in [3.05, 3.63) is 24.0 Å². The van der Waals surface area contributed by atoms with Crippen molar-refractivity contribution >= 4 is 17.2 Å². The van der Waals surface area contributed by atoms with Crippen LogP contribution in [0.5, 0.6) is 5.75 Å². The van der Waals surface area contributed by atoms with Gasteiger partial charge in [-0.2, -0.15) is 4.73 Å². The molecular weight excluding hydrogens is 236 g/mol. The molecule has 0 saturated heterocycles. The van der Waals surface area contributed by atoms with Gasteiger partial charge in [0.05, 0.1) is 5.52 Å². The fraction of sp³-hybridized carbons (Fsp3) is 0.333. The summed E-state index contributed by atoms with van der Waals surface area (Å²) in [4.78, 5) is 19.8. The first-order chi connectivity index (χ1) is 8.29. The van der Waals surface area contributed by atoms with E-state index in [2.05, 4.69) is 4.98 Å². The summed E-state index contributed by atoms with van der Waals surface area (Å²) in [6, 6.07) is 4.52. The molecule has 2 aromatic rings. The molecule has 0 unspecified atom stereocenters. The van der Waals surface area contributed by atoms with Crippen molar-refractivity contribution < 1.29 is 19.8 Å². The summed E-state index contributed by atoms with van der Waals surface area (Å²) in [5.74, 6) is 0.503. The number of carboxylic acid groups (broad SMARTS) is 1. The van der Waals surface area contributed by atoms with Crippen LogP contribution >= 0.6 is 0 Å². The van der Waals surface area contributed by atoms with Crippen LogP contribution in [0.2, 0.25) is 0 Å². The molecule has 0 fully saturated rings. The number of phenolic OH excluding ortho intramolecular Hbond substituents is 1. The Labute approximate surface area is 103 Å². The minimum absolute atomic E-state index is 0.0260. The van der Waals surface area contributed by atoms with E-state index in [1.54, 1.807) is 6.07 Å². The van der Waals surface area contributed by atoms with Gasteiger partial charge in [0.2, 0.25) is 0 Å². The SMILES string of the molecule is CC(C)(C)c1nc2ccc(O)cc2n1OC(=O)O. The van der Waals surface area contributed by atoms with Gasteiger partial charge in [0.1, 0.15) is 11.3 Å². The van der Waals surface area contributed by atoms with E-state index in [1.165, 1.54) is 12.1 Å². The third-order valence-electron chi connectivity index (χ3n) is 2.44. The second-order valence-corrected chi connectivity index (χ2v) is 5.01. The highest BCUT2D eigenvalue weighted by atomic mass is 16.8. The van der Waals surface area contributed by atoms with E-state index in [-0.39, 0.29) is 11.2 Å². The predicted octanol–water partition coefficient (Wildman–Crippen LogP) is 2.15. The van der Waals surface area contributed by atoms with E-state index in [9.17, 15) is 9.90 Å². The maximum atomic E-state index is 10.7. The van der Waals surface area contributed by atoms with Crippen LogP contribution in [0.25, 0.3) is 11.0 Å². The number of carbonyl (C=O) groups is 1. The van der Waals surface area contributed by atoms with E-state index in [4.69, 9.17) is 9.94 Å². The molecule has 0 spiro atoms. The molecule has 0 amide bonds. The Hall–Kier alpha value is -2.24. The maximum Gasteiger partial charge on any atom is 0.531 e. The molecule has 2 N–H and O–H groups in total. The van der Waals surface area contributed by atoms with Crippen LogP contribution < -0.4 is 4.84 Å². The molecule has 1 aromatic heterocycles. The maximum absolute atomic E-state index is 10.7. The molecule has 2 rings (SSSR count). The number of hydrogen-bond donors (Lipinski definition) is 2. The fourth-order valence-electron chi connectivity index (χ4n) is 1.69. The third-order valence-corrected chi connectivity index (χ3v) is 2.44. The summed E-state index contributed by atoms with van der Waals surface area (Å²) in [7, 11) is 0. The highest BCUT2D eigenvalue weighted by molar-refractivity contribution is 5.78. The lowest BCUT2D eigenvalue weighted by molar-refractivity contribution is 0.0796. The smallest absolute Gasteiger partial charge is 0.508 e. The Morgan fingerprint density at radius 1 is 1.39 bits per heavy atom. The third kappa shape index (κ3) is 2.09. The van der Waals surface area contributed by atoms with E-state index in [0.29, 0.717) is 16.9 Å². The van der Waals surface area contributed by atoms with Gasteiger partial charge in [-0.3, -0.25) is 4.84 Å². The molecule has 0 aliphatic heterocycles. The number of nitrogens with zero attached hydrogens (tertiary/aromatic N) is 2. The van der Waals surface area contributed by atoms with Crippen LogP contribution in [0.4, 0.5) is 4.79 Å². The van der Waals surface area contributed by atoms with Crippen LogP contribution in [-0.2, 0) is 5.41 Å². The molecule has 0 bridgehead atoms. The lowest BCUT2D eigenvalue weighted by atomic mass is 9.96. The number of phenols is 1. The molecule has 0 radical (unpaired) electrons. The van der Waals surface area contributed by atoms with Crippen LogP contribution in [0.1, 0.15) is 26.6 Å². The summed E-state index contributed by atoms with van der Waals surface area (Å²) in [6.45, 7) is 5.70. The van der Waals surface area contributed by atoms with Gasteiger partial charge >= 0.3 is 6.16 Å². The zero-order valence-corrected chi connectivity index (χ0v) is 10.3. The van der Waals surface area contributed by atoms with Gasteiger partial charge in [-0.05, 0) is 12.1 Å². The summed E-state index contributed by atoms with van der Waals surface area (Å²) < 4.78 is 1.14. The first-order valence-electron chi connectivity index (χ1n) is 5.42. The highest BCUT2D eigenvalue weighted by Gasteiger charge is 2.25. The first kappa shape index (κ1) is 12.2. The van der Waals surface area contributed by atoms with Crippen molar-refractivity contribution in [2.75, 3.05) is 0 Å². The highest BCUT2D eigenvalue weighted by Crippen LogP contribution is 2.27. The Morgan fingerprint density at radius 2 is 2.06 bits per heavy atom. The number of rotatable bonds is 1. The lowest BCUT2D eigenvalue weighted by Crippen LogP contribution is -2.26. The van der Waals surface area contributed by atoms with Crippen LogP contribution in [0.15, 0.2) is 18.2 Å². The number of hydrogen-bond acceptors (Lipinski definition) is 4. The quantitative estimate of drug-likeness (QED) is 0.810. The number of imidazole rings is 1. The van der Waals surface area contributed by atoms with Crippen molar-refractivity contribution in [2.45, 2.75) is 26.2 Å². The minimum atomic E-state index is -1.43. The Morgan fingerprint density at radius 3 is 2.61 bits per heavy atom. The average Bonchev–Trinajstić information content (AvgIpc) is 2.56. The van der Waals surface area contributed by atoms with Crippen molar-refractivity contribution in [1.82, 2.24) is 9.71 Å². The van der Waals surface area contributed by atoms with E-state index >= 15 is 0 Å². The summed E-state index contributed by atoms with van der Waals surface area (Å²) in [5, 5.41) is 18.2. The second-order valence-electron chi connectivity index (χ2n) is 5.01. The molecule has 0 atom stereocenters. The molecule has 6 heteroatoms. The largest absolute Gasteiger partial charge is 0.531 e. The predicted molar refractivity (Wildman–Crippen MR) is 64.7 cm³/mol. The Balaban J connectivity index is 2.73. The normalized spacial score (nSPS) is 11.7. The van der Waals surface area contributed by atoms with Gasteiger partial charge in [-0.1, -0.05) is 20.8 Å². The Kier molecular flexibility index (Phi) is 2.65. The number of fused-ring (bicyclic) bond motifs is 1. The summed E-state index contributed by atoms with van der Waals surface area (Å²) in [6.07, 6.45) is -1.43. The zero-order valence-electron chi connectivity index (χ0n) is 10.3. The van der Waals surface area contributed by atoms with E-state index in [1.807, 2.05) is 20.8 Å². The van der Waals surface area contributed by atoms with Crippen molar-refractivity contribution in [3.8, 4) is 5.75 Å². The van der Waals surface area contributed by atoms with Gasteiger partial charge < -0.3 is 10.2 Å². The van der Waals surface area contributed by atoms with Crippen LogP contribution in [0.3, 0.4) is 0 Å². The number of aromatic hydroxyl groups is 1. The summed E-state index contributed by atoms with van der Waals surface area (Å²) in [5.41, 5.74) is 0.602. The lowest BCUT2D eigenvalue weighted by Gasteiger charge is -2.18. The molecule has 18 heavy (non-hydrogen) atoms. The molecule has 96 valence electrons. The van der Waals surface area contributed by atoms with Gasteiger partial charge in [0.15, 0.2) is 5.82 Å². The molecule has 0 saturated carbocycles. The van der Waals surface area contributed by atoms with Gasteiger partial charge in [-0.15, -0.1) is 0 Å². The Bertz CT molecular complexity index is 610. The molecule has 0 aliphatic carbocycles. The van der Waals surface area contributed by atoms with E-state index in [0.717, 1.165) is 4.73 Å². The fourth-order valence-corrected chi connectivity index (χ4v) is 1.69. The molecule has 1 aromatic carbocycles. The van der Waals surface area contributed by atoms with Crippen LogP contribution in [-0.4, -0.2) is 26.1 Å². The van der Waals surface area contributed by atoms with E-state index < -0.39 is 6.16 Å². The number of aromatic nitrogens is 2. The molecule has 1 heterocycles. The van der Waals surface area contributed by atoms with Gasteiger partial charge in [-0.25, -0.2) is 9.78 Å².